The van der Waals surface area contributed by atoms with Gasteiger partial charge < -0.3 is 0 Å². The summed E-state index contributed by atoms with van der Waals surface area (Å²) in [6.07, 6.45) is 2.02. The molecular formula is C11H8OS2. The number of carbonyl (C=O) groups is 1. The second-order valence-electron chi connectivity index (χ2n) is 3.45. The van der Waals surface area contributed by atoms with Crippen molar-refractivity contribution in [1.29, 1.82) is 0 Å². The lowest BCUT2D eigenvalue weighted by atomic mass is 10.1. The summed E-state index contributed by atoms with van der Waals surface area (Å²) in [7, 11) is 0. The first-order valence-corrected chi connectivity index (χ1v) is 6.39. The summed E-state index contributed by atoms with van der Waals surface area (Å²) in [5, 5.41) is 8.15. The van der Waals surface area contributed by atoms with Crippen molar-refractivity contribution < 1.29 is 4.79 Å². The minimum atomic E-state index is 0.218. The lowest BCUT2D eigenvalue weighted by Crippen LogP contribution is -1.99. The molecule has 14 heavy (non-hydrogen) atoms. The van der Waals surface area contributed by atoms with Crippen molar-refractivity contribution in [3.05, 3.63) is 43.8 Å². The van der Waals surface area contributed by atoms with Gasteiger partial charge in [0.15, 0.2) is 5.78 Å². The fourth-order valence-electron chi connectivity index (χ4n) is 1.85. The molecule has 0 fully saturated rings. The summed E-state index contributed by atoms with van der Waals surface area (Å²) in [6, 6.07) is 0. The molecule has 1 aliphatic rings. The minimum absolute atomic E-state index is 0.218. The third-order valence-electron chi connectivity index (χ3n) is 2.64. The Hall–Kier alpha value is -0.930. The van der Waals surface area contributed by atoms with E-state index < -0.39 is 0 Å². The molecular weight excluding hydrogens is 212 g/mol. The molecule has 0 unspecified atom stereocenters. The van der Waals surface area contributed by atoms with E-state index in [0.29, 0.717) is 0 Å². The van der Waals surface area contributed by atoms with Gasteiger partial charge in [0, 0.05) is 21.9 Å². The summed E-state index contributed by atoms with van der Waals surface area (Å²) in [5.41, 5.74) is 4.29. The van der Waals surface area contributed by atoms with Crippen LogP contribution in [0.4, 0.5) is 0 Å². The third kappa shape index (κ3) is 1.09. The van der Waals surface area contributed by atoms with E-state index in [1.165, 1.54) is 11.1 Å². The Kier molecular flexibility index (Phi) is 1.82. The topological polar surface area (TPSA) is 17.1 Å². The molecule has 0 amide bonds. The van der Waals surface area contributed by atoms with Crippen LogP contribution in [-0.4, -0.2) is 5.78 Å². The predicted molar refractivity (Wildman–Crippen MR) is 59.5 cm³/mol. The van der Waals surface area contributed by atoms with Crippen molar-refractivity contribution in [3.63, 3.8) is 0 Å². The summed E-state index contributed by atoms with van der Waals surface area (Å²) < 4.78 is 0. The van der Waals surface area contributed by atoms with Gasteiger partial charge in [-0.05, 0) is 34.7 Å². The molecule has 2 heterocycles. The van der Waals surface area contributed by atoms with Crippen LogP contribution in [0.1, 0.15) is 27.0 Å². The lowest BCUT2D eigenvalue weighted by molar-refractivity contribution is 0.103. The lowest BCUT2D eigenvalue weighted by Gasteiger charge is -1.94. The maximum absolute atomic E-state index is 12.1. The highest BCUT2D eigenvalue weighted by Gasteiger charge is 2.21. The van der Waals surface area contributed by atoms with Gasteiger partial charge in [0.1, 0.15) is 0 Å². The van der Waals surface area contributed by atoms with E-state index in [0.717, 1.165) is 24.0 Å². The second kappa shape index (κ2) is 3.04. The number of fused-ring (bicyclic) bond motifs is 2. The zero-order valence-corrected chi connectivity index (χ0v) is 9.08. The van der Waals surface area contributed by atoms with Gasteiger partial charge in [0.2, 0.25) is 0 Å². The average Bonchev–Trinajstić information content (AvgIpc) is 2.81. The molecule has 0 saturated heterocycles. The van der Waals surface area contributed by atoms with Gasteiger partial charge in [0.25, 0.3) is 0 Å². The molecule has 0 atom stereocenters. The predicted octanol–water partition coefficient (Wildman–Crippen LogP) is 3.14. The Balaban J connectivity index is 2.22. The number of ketones is 1. The van der Waals surface area contributed by atoms with Crippen molar-refractivity contribution in [1.82, 2.24) is 0 Å². The quantitative estimate of drug-likeness (QED) is 0.666. The minimum Gasteiger partial charge on any atom is -0.289 e. The highest BCUT2D eigenvalue weighted by atomic mass is 32.1. The van der Waals surface area contributed by atoms with Crippen LogP contribution < -0.4 is 0 Å². The number of hydrogen-bond donors (Lipinski definition) is 0. The molecule has 0 spiro atoms. The van der Waals surface area contributed by atoms with Crippen molar-refractivity contribution in [2.45, 2.75) is 12.8 Å². The second-order valence-corrected chi connectivity index (χ2v) is 4.94. The molecule has 2 aromatic rings. The van der Waals surface area contributed by atoms with E-state index in [1.807, 2.05) is 10.8 Å². The van der Waals surface area contributed by atoms with Crippen molar-refractivity contribution >= 4 is 28.5 Å². The van der Waals surface area contributed by atoms with Crippen LogP contribution in [0.3, 0.4) is 0 Å². The molecule has 3 heteroatoms. The van der Waals surface area contributed by atoms with Crippen molar-refractivity contribution in [2.24, 2.45) is 0 Å². The Bertz CT molecular complexity index is 449. The number of rotatable bonds is 0. The molecule has 1 nitrogen and oxygen atoms in total. The van der Waals surface area contributed by atoms with E-state index in [-0.39, 0.29) is 5.78 Å². The molecule has 1 aliphatic carbocycles. The summed E-state index contributed by atoms with van der Waals surface area (Å²) in [5.74, 6) is 0.218. The first-order valence-electron chi connectivity index (χ1n) is 4.51. The van der Waals surface area contributed by atoms with Crippen LogP contribution in [0.15, 0.2) is 21.5 Å². The number of thiophene rings is 2. The van der Waals surface area contributed by atoms with Gasteiger partial charge in [-0.2, -0.15) is 22.7 Å². The molecule has 2 aromatic heterocycles. The normalized spacial score (nSPS) is 14.7. The van der Waals surface area contributed by atoms with Crippen LogP contribution >= 0.6 is 22.7 Å². The molecule has 0 bridgehead atoms. The monoisotopic (exact) mass is 220 g/mol. The number of carbonyl (C=O) groups excluding carboxylic acids is 1. The van der Waals surface area contributed by atoms with Gasteiger partial charge in [-0.1, -0.05) is 0 Å². The highest BCUT2D eigenvalue weighted by Crippen LogP contribution is 2.28. The summed E-state index contributed by atoms with van der Waals surface area (Å²) in [4.78, 5) is 12.1. The molecule has 70 valence electrons. The third-order valence-corrected chi connectivity index (χ3v) is 4.22. The van der Waals surface area contributed by atoms with Crippen molar-refractivity contribution in [3.8, 4) is 0 Å². The van der Waals surface area contributed by atoms with E-state index in [9.17, 15) is 4.79 Å². The van der Waals surface area contributed by atoms with Crippen LogP contribution in [0.25, 0.3) is 0 Å². The van der Waals surface area contributed by atoms with Crippen molar-refractivity contribution in [2.75, 3.05) is 0 Å². The Morgan fingerprint density at radius 1 is 0.857 bits per heavy atom. The van der Waals surface area contributed by atoms with Gasteiger partial charge in [0.05, 0.1) is 0 Å². The van der Waals surface area contributed by atoms with Crippen LogP contribution in [0, 0.1) is 0 Å². The maximum Gasteiger partial charge on any atom is 0.195 e. The van der Waals surface area contributed by atoms with Gasteiger partial charge in [-0.3, -0.25) is 4.79 Å². The zero-order valence-electron chi connectivity index (χ0n) is 7.45. The van der Waals surface area contributed by atoms with Crippen LogP contribution in [-0.2, 0) is 12.8 Å². The largest absolute Gasteiger partial charge is 0.289 e. The van der Waals surface area contributed by atoms with Gasteiger partial charge in [-0.15, -0.1) is 0 Å². The molecule has 0 N–H and O–H groups in total. The molecule has 0 aliphatic heterocycles. The maximum atomic E-state index is 12.1. The Labute approximate surface area is 90.0 Å². The molecule has 0 aromatic carbocycles. The Morgan fingerprint density at radius 2 is 1.36 bits per heavy atom. The standard InChI is InChI=1S/C11H8OS2/c12-11-9-5-13-3-7(9)1-2-8-4-14-6-10(8)11/h3-6H,1-2H2. The van der Waals surface area contributed by atoms with Gasteiger partial charge >= 0.3 is 0 Å². The average molecular weight is 220 g/mol. The molecule has 0 saturated carbocycles. The first-order chi connectivity index (χ1) is 6.86. The van der Waals surface area contributed by atoms with E-state index in [4.69, 9.17) is 0 Å². The SMILES string of the molecule is O=C1c2cscc2CCc2cscc21. The highest BCUT2D eigenvalue weighted by molar-refractivity contribution is 7.09. The first kappa shape index (κ1) is 8.38. The number of aryl methyl sites for hydroxylation is 2. The number of hydrogen-bond acceptors (Lipinski definition) is 3. The van der Waals surface area contributed by atoms with Gasteiger partial charge in [-0.25, -0.2) is 0 Å². The molecule has 0 radical (unpaired) electrons. The van der Waals surface area contributed by atoms with Crippen LogP contribution in [0.5, 0.6) is 0 Å². The van der Waals surface area contributed by atoms with E-state index in [1.54, 1.807) is 22.7 Å². The smallest absolute Gasteiger partial charge is 0.195 e. The fourth-order valence-corrected chi connectivity index (χ4v) is 3.59. The molecule has 3 rings (SSSR count). The summed E-state index contributed by atoms with van der Waals surface area (Å²) >= 11 is 3.26. The zero-order chi connectivity index (χ0) is 9.54. The fraction of sp³-hybridized carbons (Fsp3) is 0.182. The van der Waals surface area contributed by atoms with E-state index >= 15 is 0 Å². The van der Waals surface area contributed by atoms with E-state index in [2.05, 4.69) is 10.8 Å². The Morgan fingerprint density at radius 3 is 1.86 bits per heavy atom. The van der Waals surface area contributed by atoms with Crippen LogP contribution in [0.2, 0.25) is 0 Å². The summed E-state index contributed by atoms with van der Waals surface area (Å²) in [6.45, 7) is 0.